The van der Waals surface area contributed by atoms with Crippen molar-refractivity contribution in [1.29, 1.82) is 0 Å². The Labute approximate surface area is 133 Å². The summed E-state index contributed by atoms with van der Waals surface area (Å²) >= 11 is 0.820. The van der Waals surface area contributed by atoms with Crippen molar-refractivity contribution in [3.8, 4) is 5.88 Å². The van der Waals surface area contributed by atoms with E-state index in [1.165, 1.54) is 0 Å². The van der Waals surface area contributed by atoms with E-state index in [2.05, 4.69) is 9.97 Å². The Morgan fingerprint density at radius 1 is 1.39 bits per heavy atom. The Bertz CT molecular complexity index is 777. The number of aromatic nitrogens is 3. The minimum absolute atomic E-state index is 0.0979. The zero-order valence-corrected chi connectivity index (χ0v) is 12.9. The summed E-state index contributed by atoms with van der Waals surface area (Å²) in [6, 6.07) is 0. The van der Waals surface area contributed by atoms with Gasteiger partial charge >= 0.3 is 4.87 Å². The van der Waals surface area contributed by atoms with Crippen molar-refractivity contribution in [3.63, 3.8) is 0 Å². The first-order chi connectivity index (χ1) is 11.0. The molecular formula is C12H16N4O6S. The number of aliphatic hydroxyl groups is 3. The third-order valence-electron chi connectivity index (χ3n) is 3.50. The molecule has 0 aliphatic carbocycles. The van der Waals surface area contributed by atoms with Gasteiger partial charge in [0, 0.05) is 0 Å². The van der Waals surface area contributed by atoms with Crippen LogP contribution in [-0.2, 0) is 4.74 Å². The first-order valence-corrected chi connectivity index (χ1v) is 7.73. The first kappa shape index (κ1) is 16.1. The number of thiazole rings is 1. The molecule has 0 radical (unpaired) electrons. The van der Waals surface area contributed by atoms with Gasteiger partial charge in [-0.1, -0.05) is 11.3 Å². The molecule has 1 unspecified atom stereocenters. The molecule has 1 fully saturated rings. The van der Waals surface area contributed by atoms with Crippen molar-refractivity contribution >= 4 is 27.6 Å². The van der Waals surface area contributed by atoms with Crippen molar-refractivity contribution in [2.75, 3.05) is 18.9 Å². The maximum atomic E-state index is 12.3. The maximum Gasteiger partial charge on any atom is 0.311 e. The second-order valence-electron chi connectivity index (χ2n) is 4.94. The highest BCUT2D eigenvalue weighted by Gasteiger charge is 2.44. The van der Waals surface area contributed by atoms with Gasteiger partial charge in [0.2, 0.25) is 11.8 Å². The number of aliphatic hydroxyl groups excluding tert-OH is 3. The maximum absolute atomic E-state index is 12.3. The molecule has 3 heterocycles. The summed E-state index contributed by atoms with van der Waals surface area (Å²) in [6.45, 7) is 1.59. The average molecular weight is 344 g/mol. The summed E-state index contributed by atoms with van der Waals surface area (Å²) in [5.74, 6) is 0.0711. The summed E-state index contributed by atoms with van der Waals surface area (Å²) in [6.07, 6.45) is -4.90. The molecule has 1 saturated heterocycles. The smallest absolute Gasteiger partial charge is 0.311 e. The summed E-state index contributed by atoms with van der Waals surface area (Å²) in [5, 5.41) is 29.1. The SMILES string of the molecule is CCOc1nc(N)nc2c1sc(=O)n2C1O[C@H](CO)[C@@H](O)[C@H]1O. The number of anilines is 1. The quantitative estimate of drug-likeness (QED) is 0.516. The predicted molar refractivity (Wildman–Crippen MR) is 80.3 cm³/mol. The lowest BCUT2D eigenvalue weighted by atomic mass is 10.1. The molecule has 0 saturated carbocycles. The number of nitrogens with zero attached hydrogens (tertiary/aromatic N) is 3. The molecule has 2 aromatic heterocycles. The fourth-order valence-electron chi connectivity index (χ4n) is 2.46. The van der Waals surface area contributed by atoms with Crippen LogP contribution in [0.2, 0.25) is 0 Å². The van der Waals surface area contributed by atoms with Crippen LogP contribution in [0.1, 0.15) is 13.2 Å². The van der Waals surface area contributed by atoms with Gasteiger partial charge in [-0.25, -0.2) is 0 Å². The zero-order chi connectivity index (χ0) is 16.7. The van der Waals surface area contributed by atoms with Gasteiger partial charge in [-0.05, 0) is 6.92 Å². The van der Waals surface area contributed by atoms with Gasteiger partial charge in [-0.2, -0.15) is 9.97 Å². The molecule has 126 valence electrons. The van der Waals surface area contributed by atoms with Crippen molar-refractivity contribution in [2.24, 2.45) is 0 Å². The molecule has 4 atom stereocenters. The van der Waals surface area contributed by atoms with Gasteiger partial charge in [-0.3, -0.25) is 9.36 Å². The monoisotopic (exact) mass is 344 g/mol. The number of hydrogen-bond donors (Lipinski definition) is 4. The number of nitrogens with two attached hydrogens (primary N) is 1. The van der Waals surface area contributed by atoms with Crippen LogP contribution in [0.15, 0.2) is 4.79 Å². The lowest BCUT2D eigenvalue weighted by Gasteiger charge is -2.16. The molecule has 5 N–H and O–H groups in total. The van der Waals surface area contributed by atoms with Gasteiger partial charge in [-0.15, -0.1) is 0 Å². The van der Waals surface area contributed by atoms with Gasteiger partial charge in [0.05, 0.1) is 13.2 Å². The zero-order valence-electron chi connectivity index (χ0n) is 12.1. The van der Waals surface area contributed by atoms with Gasteiger partial charge in [0.25, 0.3) is 0 Å². The number of fused-ring (bicyclic) bond motifs is 1. The van der Waals surface area contributed by atoms with Crippen LogP contribution < -0.4 is 15.3 Å². The van der Waals surface area contributed by atoms with Crippen LogP contribution in [0.5, 0.6) is 5.88 Å². The van der Waals surface area contributed by atoms with E-state index in [9.17, 15) is 15.0 Å². The topological polar surface area (TPSA) is 153 Å². The van der Waals surface area contributed by atoms with E-state index in [1.807, 2.05) is 0 Å². The summed E-state index contributed by atoms with van der Waals surface area (Å²) in [5.41, 5.74) is 5.79. The van der Waals surface area contributed by atoms with Crippen LogP contribution in [0.25, 0.3) is 10.3 Å². The van der Waals surface area contributed by atoms with Gasteiger partial charge in [0.15, 0.2) is 11.9 Å². The van der Waals surface area contributed by atoms with Crippen LogP contribution in [0, 0.1) is 0 Å². The fraction of sp³-hybridized carbons (Fsp3) is 0.583. The highest BCUT2D eigenvalue weighted by Crippen LogP contribution is 2.33. The van der Waals surface area contributed by atoms with E-state index in [-0.39, 0.29) is 17.5 Å². The fourth-order valence-corrected chi connectivity index (χ4v) is 3.35. The number of hydrogen-bond acceptors (Lipinski definition) is 10. The van der Waals surface area contributed by atoms with Crippen molar-refractivity contribution < 1.29 is 24.8 Å². The van der Waals surface area contributed by atoms with E-state index in [0.717, 1.165) is 15.9 Å². The predicted octanol–water partition coefficient (Wildman–Crippen LogP) is -1.55. The van der Waals surface area contributed by atoms with E-state index in [0.29, 0.717) is 11.3 Å². The van der Waals surface area contributed by atoms with E-state index >= 15 is 0 Å². The molecule has 3 rings (SSSR count). The minimum Gasteiger partial charge on any atom is -0.477 e. The highest BCUT2D eigenvalue weighted by atomic mass is 32.1. The molecular weight excluding hydrogens is 328 g/mol. The second-order valence-corrected chi connectivity index (χ2v) is 5.90. The average Bonchev–Trinajstić information content (AvgIpc) is 2.97. The second kappa shape index (κ2) is 6.02. The van der Waals surface area contributed by atoms with Gasteiger partial charge in [0.1, 0.15) is 23.0 Å². The number of rotatable bonds is 4. The standard InChI is InChI=1S/C12H16N4O6S/c1-2-21-9-7-8(14-11(13)15-9)16(12(20)23-7)10-6(19)5(18)4(3-17)22-10/h4-6,10,17-19H,2-3H2,1H3,(H2,13,14,15)/t4-,5-,6-,10?/m1/s1. The van der Waals surface area contributed by atoms with Crippen molar-refractivity contribution in [2.45, 2.75) is 31.5 Å². The molecule has 0 spiro atoms. The molecule has 0 aromatic carbocycles. The van der Waals surface area contributed by atoms with Crippen LogP contribution in [0.3, 0.4) is 0 Å². The van der Waals surface area contributed by atoms with Crippen LogP contribution >= 0.6 is 11.3 Å². The Balaban J connectivity index is 2.15. The molecule has 0 bridgehead atoms. The van der Waals surface area contributed by atoms with E-state index in [4.69, 9.17) is 20.3 Å². The van der Waals surface area contributed by atoms with Crippen LogP contribution in [-0.4, -0.2) is 61.4 Å². The first-order valence-electron chi connectivity index (χ1n) is 6.91. The van der Waals surface area contributed by atoms with Crippen LogP contribution in [0.4, 0.5) is 5.95 Å². The molecule has 2 aromatic rings. The molecule has 1 aliphatic heterocycles. The van der Waals surface area contributed by atoms with Crippen molar-refractivity contribution in [3.05, 3.63) is 9.67 Å². The third kappa shape index (κ3) is 2.56. The molecule has 1 aliphatic rings. The van der Waals surface area contributed by atoms with E-state index in [1.54, 1.807) is 6.92 Å². The summed E-state index contributed by atoms with van der Waals surface area (Å²) in [4.78, 5) is 19.8. The number of ether oxygens (including phenoxy) is 2. The Kier molecular flexibility index (Phi) is 4.21. The lowest BCUT2D eigenvalue weighted by molar-refractivity contribution is -0.0518. The summed E-state index contributed by atoms with van der Waals surface area (Å²) in [7, 11) is 0. The minimum atomic E-state index is -1.39. The van der Waals surface area contributed by atoms with E-state index < -0.39 is 36.0 Å². The molecule has 11 heteroatoms. The molecule has 23 heavy (non-hydrogen) atoms. The van der Waals surface area contributed by atoms with Gasteiger partial charge < -0.3 is 30.5 Å². The number of nitrogen functional groups attached to an aromatic ring is 1. The third-order valence-corrected chi connectivity index (χ3v) is 4.43. The molecule has 10 nitrogen and oxygen atoms in total. The highest BCUT2D eigenvalue weighted by molar-refractivity contribution is 7.16. The Hall–Kier alpha value is -1.79. The van der Waals surface area contributed by atoms with Crippen molar-refractivity contribution in [1.82, 2.24) is 14.5 Å². The largest absolute Gasteiger partial charge is 0.477 e. The summed E-state index contributed by atoms with van der Waals surface area (Å²) < 4.78 is 12.2. The lowest BCUT2D eigenvalue weighted by Crippen LogP contribution is -2.34. The Morgan fingerprint density at radius 3 is 2.74 bits per heavy atom. The molecule has 0 amide bonds. The Morgan fingerprint density at radius 2 is 2.13 bits per heavy atom. The normalized spacial score (nSPS) is 27.7.